The summed E-state index contributed by atoms with van der Waals surface area (Å²) in [6.07, 6.45) is 2.20. The van der Waals surface area contributed by atoms with Crippen LogP contribution in [0.15, 0.2) is 24.3 Å². The third-order valence-corrected chi connectivity index (χ3v) is 4.83. The van der Waals surface area contributed by atoms with Crippen LogP contribution in [0.25, 0.3) is 0 Å². The van der Waals surface area contributed by atoms with Crippen molar-refractivity contribution in [3.05, 3.63) is 35.4 Å². The topological polar surface area (TPSA) is 66.5 Å². The molecular formula is C16H24N2O3S. The molecule has 22 heavy (non-hydrogen) atoms. The van der Waals surface area contributed by atoms with Crippen molar-refractivity contribution in [2.75, 3.05) is 38.2 Å². The molecule has 1 aromatic rings. The molecule has 2 rings (SSSR count). The Morgan fingerprint density at radius 1 is 1.36 bits per heavy atom. The zero-order valence-electron chi connectivity index (χ0n) is 13.2. The van der Waals surface area contributed by atoms with Gasteiger partial charge in [-0.3, -0.25) is 4.79 Å². The smallest absolute Gasteiger partial charge is 0.235 e. The van der Waals surface area contributed by atoms with E-state index in [1.165, 1.54) is 11.1 Å². The molecule has 6 heteroatoms. The fraction of sp³-hybridized carbons (Fsp3) is 0.562. The van der Waals surface area contributed by atoms with Gasteiger partial charge in [0, 0.05) is 25.9 Å². The van der Waals surface area contributed by atoms with E-state index < -0.39 is 21.5 Å². The molecule has 1 aliphatic rings. The standard InChI is InChI=1S/C16H24N2O3S/c1-13-5-3-4-6-15(13)14-7-9-18(11-14)10-8-17-16(19)12-22(2,20)21/h3-6,14H,7-12H2,1-2H3,(H,17,19)/t14-/m1/s1. The van der Waals surface area contributed by atoms with Gasteiger partial charge in [0.1, 0.15) is 5.75 Å². The Bertz CT molecular complexity index is 628. The zero-order valence-corrected chi connectivity index (χ0v) is 14.0. The number of nitrogens with one attached hydrogen (secondary N) is 1. The third-order valence-electron chi connectivity index (χ3n) is 4.04. The molecule has 1 saturated heterocycles. The maximum Gasteiger partial charge on any atom is 0.235 e. The molecule has 0 saturated carbocycles. The SMILES string of the molecule is Cc1ccccc1[C@@H]1CCN(CCNC(=O)CS(C)(=O)=O)C1. The molecule has 1 fully saturated rings. The Morgan fingerprint density at radius 3 is 2.77 bits per heavy atom. The Labute approximate surface area is 132 Å². The van der Waals surface area contributed by atoms with Crippen molar-refractivity contribution in [2.24, 2.45) is 0 Å². The van der Waals surface area contributed by atoms with Crippen LogP contribution >= 0.6 is 0 Å². The molecule has 1 N–H and O–H groups in total. The van der Waals surface area contributed by atoms with Crippen LogP contribution < -0.4 is 5.32 Å². The number of carbonyl (C=O) groups is 1. The molecular weight excluding hydrogens is 300 g/mol. The minimum absolute atomic E-state index is 0.419. The van der Waals surface area contributed by atoms with Crippen LogP contribution in [0.5, 0.6) is 0 Å². The highest BCUT2D eigenvalue weighted by Crippen LogP contribution is 2.28. The molecule has 0 aliphatic carbocycles. The summed E-state index contributed by atoms with van der Waals surface area (Å²) in [5, 5.41) is 2.67. The molecule has 122 valence electrons. The van der Waals surface area contributed by atoms with Gasteiger partial charge in [-0.15, -0.1) is 0 Å². The van der Waals surface area contributed by atoms with Crippen molar-refractivity contribution in [1.29, 1.82) is 0 Å². The predicted octanol–water partition coefficient (Wildman–Crippen LogP) is 0.945. The van der Waals surface area contributed by atoms with Crippen molar-refractivity contribution >= 4 is 15.7 Å². The summed E-state index contributed by atoms with van der Waals surface area (Å²) >= 11 is 0. The molecule has 0 spiro atoms. The fourth-order valence-electron chi connectivity index (χ4n) is 2.98. The summed E-state index contributed by atoms with van der Waals surface area (Å²) in [5.41, 5.74) is 2.74. The lowest BCUT2D eigenvalue weighted by atomic mass is 9.94. The number of sulfone groups is 1. The lowest BCUT2D eigenvalue weighted by Crippen LogP contribution is -2.36. The van der Waals surface area contributed by atoms with Gasteiger partial charge in [-0.25, -0.2) is 8.42 Å². The number of benzene rings is 1. The molecule has 1 aliphatic heterocycles. The summed E-state index contributed by atoms with van der Waals surface area (Å²) < 4.78 is 22.0. The summed E-state index contributed by atoms with van der Waals surface area (Å²) in [4.78, 5) is 13.8. The van der Waals surface area contributed by atoms with E-state index >= 15 is 0 Å². The van der Waals surface area contributed by atoms with E-state index in [0.717, 1.165) is 32.3 Å². The minimum atomic E-state index is -3.25. The maximum atomic E-state index is 11.5. The predicted molar refractivity (Wildman–Crippen MR) is 87.7 cm³/mol. The summed E-state index contributed by atoms with van der Waals surface area (Å²) in [7, 11) is -3.25. The van der Waals surface area contributed by atoms with Crippen molar-refractivity contribution in [1.82, 2.24) is 10.2 Å². The first-order chi connectivity index (χ1) is 10.3. The average molecular weight is 324 g/mol. The first-order valence-electron chi connectivity index (χ1n) is 7.57. The van der Waals surface area contributed by atoms with Gasteiger partial charge in [0.05, 0.1) is 0 Å². The lowest BCUT2D eigenvalue weighted by Gasteiger charge is -2.17. The second-order valence-corrected chi connectivity index (χ2v) is 8.20. The number of rotatable bonds is 6. The zero-order chi connectivity index (χ0) is 16.2. The van der Waals surface area contributed by atoms with Crippen LogP contribution in [-0.4, -0.2) is 57.4 Å². The lowest BCUT2D eigenvalue weighted by molar-refractivity contribution is -0.118. The summed E-state index contributed by atoms with van der Waals surface area (Å²) in [5.74, 6) is -0.302. The number of amides is 1. The number of hydrogen-bond donors (Lipinski definition) is 1. The molecule has 1 heterocycles. The van der Waals surface area contributed by atoms with E-state index in [1.807, 2.05) is 0 Å². The van der Waals surface area contributed by atoms with Crippen LogP contribution in [-0.2, 0) is 14.6 Å². The van der Waals surface area contributed by atoms with Gasteiger partial charge in [-0.1, -0.05) is 24.3 Å². The molecule has 5 nitrogen and oxygen atoms in total. The summed E-state index contributed by atoms with van der Waals surface area (Å²) in [6, 6.07) is 8.47. The molecule has 1 amide bonds. The number of aryl methyl sites for hydroxylation is 1. The van der Waals surface area contributed by atoms with Crippen molar-refractivity contribution in [2.45, 2.75) is 19.3 Å². The second-order valence-electron chi connectivity index (χ2n) is 6.06. The van der Waals surface area contributed by atoms with E-state index in [1.54, 1.807) is 0 Å². The first-order valence-corrected chi connectivity index (χ1v) is 9.63. The van der Waals surface area contributed by atoms with Gasteiger partial charge in [0.2, 0.25) is 5.91 Å². The maximum absolute atomic E-state index is 11.5. The minimum Gasteiger partial charge on any atom is -0.354 e. The van der Waals surface area contributed by atoms with Gasteiger partial charge in [0.25, 0.3) is 0 Å². The van der Waals surface area contributed by atoms with Crippen molar-refractivity contribution < 1.29 is 13.2 Å². The second kappa shape index (κ2) is 7.24. The largest absolute Gasteiger partial charge is 0.354 e. The molecule has 0 radical (unpaired) electrons. The Morgan fingerprint density at radius 2 is 2.09 bits per heavy atom. The number of likely N-dealkylation sites (tertiary alicyclic amines) is 1. The van der Waals surface area contributed by atoms with Gasteiger partial charge < -0.3 is 10.2 Å². The number of nitrogens with zero attached hydrogens (tertiary/aromatic N) is 1. The first kappa shape index (κ1) is 17.0. The normalized spacial score (nSPS) is 19.3. The number of carbonyl (C=O) groups excluding carboxylic acids is 1. The summed E-state index contributed by atoms with van der Waals surface area (Å²) in [6.45, 7) is 5.41. The molecule has 0 bridgehead atoms. The quantitative estimate of drug-likeness (QED) is 0.846. The highest BCUT2D eigenvalue weighted by molar-refractivity contribution is 7.91. The van der Waals surface area contributed by atoms with Crippen molar-refractivity contribution in [3.63, 3.8) is 0 Å². The van der Waals surface area contributed by atoms with Gasteiger partial charge in [-0.2, -0.15) is 0 Å². The Balaban J connectivity index is 1.75. The fourth-order valence-corrected chi connectivity index (χ4v) is 3.56. The molecule has 0 aromatic heterocycles. The van der Waals surface area contributed by atoms with E-state index in [4.69, 9.17) is 0 Å². The van der Waals surface area contributed by atoms with Gasteiger partial charge >= 0.3 is 0 Å². The van der Waals surface area contributed by atoms with Crippen LogP contribution in [0.2, 0.25) is 0 Å². The Hall–Kier alpha value is -1.40. The third kappa shape index (κ3) is 5.10. The van der Waals surface area contributed by atoms with Crippen molar-refractivity contribution in [3.8, 4) is 0 Å². The van der Waals surface area contributed by atoms with Gasteiger partial charge in [0.15, 0.2) is 9.84 Å². The van der Waals surface area contributed by atoms with E-state index in [9.17, 15) is 13.2 Å². The molecule has 1 aromatic carbocycles. The monoisotopic (exact) mass is 324 g/mol. The van der Waals surface area contributed by atoms with Crippen LogP contribution in [0.3, 0.4) is 0 Å². The van der Waals surface area contributed by atoms with E-state index in [-0.39, 0.29) is 0 Å². The highest BCUT2D eigenvalue weighted by atomic mass is 32.2. The number of hydrogen-bond acceptors (Lipinski definition) is 4. The average Bonchev–Trinajstić information content (AvgIpc) is 2.85. The van der Waals surface area contributed by atoms with Crippen LogP contribution in [0.4, 0.5) is 0 Å². The van der Waals surface area contributed by atoms with E-state index in [0.29, 0.717) is 12.5 Å². The van der Waals surface area contributed by atoms with Crippen LogP contribution in [0.1, 0.15) is 23.5 Å². The molecule has 0 unspecified atom stereocenters. The van der Waals surface area contributed by atoms with Crippen LogP contribution in [0, 0.1) is 6.92 Å². The van der Waals surface area contributed by atoms with Gasteiger partial charge in [-0.05, 0) is 36.9 Å². The van der Waals surface area contributed by atoms with E-state index in [2.05, 4.69) is 41.4 Å². The Kier molecular flexibility index (Phi) is 5.58. The highest BCUT2D eigenvalue weighted by Gasteiger charge is 2.24. The molecule has 1 atom stereocenters.